The number of benzene rings is 6. The smallest absolute Gasteiger partial charge is 0.338 e. The molecule has 0 spiro atoms. The molecule has 2 aromatic heterocycles. The van der Waals surface area contributed by atoms with Gasteiger partial charge in [-0.15, -0.1) is 0 Å². The molecule has 332 valence electrons. The van der Waals surface area contributed by atoms with Crippen LogP contribution in [0.4, 0.5) is 11.4 Å². The Bertz CT molecular complexity index is 3020. The lowest BCUT2D eigenvalue weighted by atomic mass is 10.1. The van der Waals surface area contributed by atoms with Gasteiger partial charge in [0.2, 0.25) is 0 Å². The van der Waals surface area contributed by atoms with Gasteiger partial charge < -0.3 is 29.6 Å². The van der Waals surface area contributed by atoms with Gasteiger partial charge in [-0.2, -0.15) is 0 Å². The molecule has 10 rings (SSSR count). The van der Waals surface area contributed by atoms with E-state index in [0.717, 1.165) is 70.7 Å². The Morgan fingerprint density at radius 1 is 0.545 bits per heavy atom. The van der Waals surface area contributed by atoms with Gasteiger partial charge >= 0.3 is 11.9 Å². The Kier molecular flexibility index (Phi) is 12.8. The number of anilines is 2. The average molecular weight is 879 g/mol. The number of carboxylic acid groups (broad SMARTS) is 1. The van der Waals surface area contributed by atoms with E-state index in [0.29, 0.717) is 46.6 Å². The summed E-state index contributed by atoms with van der Waals surface area (Å²) in [6.45, 7) is 2.14. The fourth-order valence-electron chi connectivity index (χ4n) is 9.13. The molecule has 0 radical (unpaired) electrons. The highest BCUT2D eigenvalue weighted by Gasteiger charge is 2.26. The van der Waals surface area contributed by atoms with Gasteiger partial charge in [0.15, 0.2) is 0 Å². The van der Waals surface area contributed by atoms with Gasteiger partial charge in [0.05, 0.1) is 39.8 Å². The molecule has 2 saturated carbocycles. The number of carbonyl (C=O) groups is 4. The molecule has 0 bridgehead atoms. The minimum absolute atomic E-state index is 0.141. The largest absolute Gasteiger partial charge is 0.478 e. The Morgan fingerprint density at radius 2 is 0.955 bits per heavy atom. The molecule has 6 aromatic carbocycles. The van der Waals surface area contributed by atoms with Crippen molar-refractivity contribution in [1.29, 1.82) is 0 Å². The molecule has 2 fully saturated rings. The Balaban J connectivity index is 0.000000166. The second-order valence-corrected chi connectivity index (χ2v) is 16.7. The summed E-state index contributed by atoms with van der Waals surface area (Å²) in [4.78, 5) is 58.3. The maximum absolute atomic E-state index is 12.5. The number of aromatic carboxylic acids is 1. The van der Waals surface area contributed by atoms with Crippen molar-refractivity contribution >= 4 is 57.2 Å². The van der Waals surface area contributed by atoms with E-state index in [9.17, 15) is 24.3 Å². The number of fused-ring (bicyclic) bond motifs is 2. The minimum Gasteiger partial charge on any atom is -0.478 e. The first kappa shape index (κ1) is 43.4. The molecule has 0 aliphatic heterocycles. The molecule has 2 aliphatic rings. The molecular weight excluding hydrogens is 829 g/mol. The zero-order valence-corrected chi connectivity index (χ0v) is 36.7. The number of aromatic nitrogens is 4. The molecule has 2 aliphatic carbocycles. The summed E-state index contributed by atoms with van der Waals surface area (Å²) in [5.74, 6) is 0.122. The first-order valence-electron chi connectivity index (χ1n) is 22.6. The number of imidazole rings is 2. The maximum Gasteiger partial charge on any atom is 0.338 e. The highest BCUT2D eigenvalue weighted by atomic mass is 16.5. The Labute approximate surface area is 382 Å². The molecule has 66 heavy (non-hydrogen) atoms. The second kappa shape index (κ2) is 19.5. The SMILES string of the molecule is CCOC(=O)c1ccc2c(c1)nc(-c1ccc(NC(=O)c3ccccc3)cc1)n2C1CCCC1.O=C(O)c1ccc2c(c1)nc(-c1ccc(NC(=O)c3ccccc3)cc1)n2C1CCCC1. The van der Waals surface area contributed by atoms with Crippen LogP contribution in [-0.4, -0.2) is 54.6 Å². The standard InChI is InChI=1S/C28H27N3O3.C26H23N3O3/c1-2-34-28(33)21-14-17-25-24(18-21)30-26(31(25)23-10-6-7-11-23)19-12-15-22(16-13-19)29-27(32)20-8-4-3-5-9-20;30-25(18-6-2-1-3-7-18)27-20-13-10-17(11-14-20)24-28-22-16-19(26(31)32)12-15-23(22)29(24)21-8-4-5-9-21/h3-5,8-9,12-18,23H,2,6-7,10-11H2,1H3,(H,29,32);1-3,6-7,10-16,21H,4-5,8-9H2,(H,27,30)(H,31,32). The third-order valence-corrected chi connectivity index (χ3v) is 12.4. The number of rotatable bonds is 11. The van der Waals surface area contributed by atoms with Crippen molar-refractivity contribution in [2.24, 2.45) is 0 Å². The lowest BCUT2D eigenvalue weighted by molar-refractivity contribution is 0.0525. The van der Waals surface area contributed by atoms with E-state index in [2.05, 4.69) is 19.8 Å². The number of amides is 2. The molecule has 12 nitrogen and oxygen atoms in total. The van der Waals surface area contributed by atoms with E-state index in [4.69, 9.17) is 14.7 Å². The van der Waals surface area contributed by atoms with Crippen LogP contribution in [0.15, 0.2) is 146 Å². The zero-order chi connectivity index (χ0) is 45.6. The summed E-state index contributed by atoms with van der Waals surface area (Å²) in [5.41, 5.74) is 8.76. The number of esters is 1. The van der Waals surface area contributed by atoms with E-state index in [1.165, 1.54) is 25.7 Å². The summed E-state index contributed by atoms with van der Waals surface area (Å²) >= 11 is 0. The van der Waals surface area contributed by atoms with E-state index >= 15 is 0 Å². The molecule has 3 N–H and O–H groups in total. The fraction of sp³-hybridized carbons (Fsp3) is 0.222. The van der Waals surface area contributed by atoms with Crippen LogP contribution in [0, 0.1) is 0 Å². The number of hydrogen-bond acceptors (Lipinski definition) is 7. The Morgan fingerprint density at radius 3 is 1.36 bits per heavy atom. The normalized spacial score (nSPS) is 13.9. The fourth-order valence-corrected chi connectivity index (χ4v) is 9.13. The third-order valence-electron chi connectivity index (χ3n) is 12.4. The molecule has 2 heterocycles. The lowest BCUT2D eigenvalue weighted by Crippen LogP contribution is -2.11. The van der Waals surface area contributed by atoms with Crippen molar-refractivity contribution < 1.29 is 29.0 Å². The molecule has 2 amide bonds. The number of carbonyl (C=O) groups excluding carboxylic acids is 3. The van der Waals surface area contributed by atoms with Gasteiger partial charge in [-0.25, -0.2) is 19.6 Å². The van der Waals surface area contributed by atoms with E-state index in [1.54, 1.807) is 43.3 Å². The number of ether oxygens (including phenoxy) is 1. The van der Waals surface area contributed by atoms with Gasteiger partial charge in [-0.05, 0) is 142 Å². The van der Waals surface area contributed by atoms with E-state index < -0.39 is 5.97 Å². The van der Waals surface area contributed by atoms with Crippen LogP contribution in [0.5, 0.6) is 0 Å². The maximum atomic E-state index is 12.5. The van der Waals surface area contributed by atoms with Gasteiger partial charge in [0.25, 0.3) is 11.8 Å². The first-order valence-corrected chi connectivity index (χ1v) is 22.6. The number of nitrogens with zero attached hydrogens (tertiary/aromatic N) is 4. The van der Waals surface area contributed by atoms with Crippen molar-refractivity contribution in [2.75, 3.05) is 17.2 Å². The summed E-state index contributed by atoms with van der Waals surface area (Å²) in [6.07, 6.45) is 9.18. The van der Waals surface area contributed by atoms with E-state index in [-0.39, 0.29) is 23.3 Å². The van der Waals surface area contributed by atoms with Crippen molar-refractivity contribution in [1.82, 2.24) is 19.1 Å². The second-order valence-electron chi connectivity index (χ2n) is 16.7. The van der Waals surface area contributed by atoms with Crippen LogP contribution in [0.3, 0.4) is 0 Å². The van der Waals surface area contributed by atoms with E-state index in [1.807, 2.05) is 109 Å². The molecule has 0 atom stereocenters. The van der Waals surface area contributed by atoms with Crippen LogP contribution in [0.25, 0.3) is 44.8 Å². The highest BCUT2D eigenvalue weighted by molar-refractivity contribution is 6.05. The summed E-state index contributed by atoms with van der Waals surface area (Å²) in [7, 11) is 0. The summed E-state index contributed by atoms with van der Waals surface area (Å²) in [6, 6.07) is 45.2. The molecule has 12 heteroatoms. The molecule has 0 unspecified atom stereocenters. The van der Waals surface area contributed by atoms with Gasteiger partial charge in [-0.1, -0.05) is 62.1 Å². The average Bonchev–Trinajstić information content (AvgIpc) is 4.20. The quantitative estimate of drug-likeness (QED) is 0.108. The van der Waals surface area contributed by atoms with Crippen molar-refractivity contribution in [3.05, 3.63) is 168 Å². The van der Waals surface area contributed by atoms with Gasteiger partial charge in [-0.3, -0.25) is 9.59 Å². The van der Waals surface area contributed by atoms with Crippen molar-refractivity contribution in [3.8, 4) is 22.8 Å². The third kappa shape index (κ3) is 9.35. The lowest BCUT2D eigenvalue weighted by Gasteiger charge is -2.17. The van der Waals surface area contributed by atoms with Crippen LogP contribution in [-0.2, 0) is 4.74 Å². The summed E-state index contributed by atoms with van der Waals surface area (Å²) < 4.78 is 9.74. The zero-order valence-electron chi connectivity index (χ0n) is 36.7. The van der Waals surface area contributed by atoms with Crippen LogP contribution in [0.2, 0.25) is 0 Å². The van der Waals surface area contributed by atoms with Crippen molar-refractivity contribution in [2.45, 2.75) is 70.4 Å². The Hall–Kier alpha value is -7.86. The number of nitrogens with one attached hydrogen (secondary N) is 2. The molecular formula is C54H50N6O6. The first-order chi connectivity index (χ1) is 32.2. The van der Waals surface area contributed by atoms with Crippen LogP contribution < -0.4 is 10.6 Å². The number of carboxylic acids is 1. The summed E-state index contributed by atoms with van der Waals surface area (Å²) in [5, 5.41) is 15.2. The van der Waals surface area contributed by atoms with Gasteiger partial charge in [0, 0.05) is 45.7 Å². The predicted octanol–water partition coefficient (Wildman–Crippen LogP) is 12.0. The van der Waals surface area contributed by atoms with Gasteiger partial charge in [0.1, 0.15) is 11.6 Å². The highest BCUT2D eigenvalue weighted by Crippen LogP contribution is 2.39. The monoisotopic (exact) mass is 878 g/mol. The number of hydrogen-bond donors (Lipinski definition) is 3. The molecule has 0 saturated heterocycles. The predicted molar refractivity (Wildman–Crippen MR) is 257 cm³/mol. The minimum atomic E-state index is -0.956. The topological polar surface area (TPSA) is 157 Å². The van der Waals surface area contributed by atoms with Crippen molar-refractivity contribution in [3.63, 3.8) is 0 Å². The van der Waals surface area contributed by atoms with Crippen LogP contribution >= 0.6 is 0 Å². The molecule has 8 aromatic rings. The van der Waals surface area contributed by atoms with Crippen LogP contribution in [0.1, 0.15) is 112 Å².